The summed E-state index contributed by atoms with van der Waals surface area (Å²) in [4.78, 5) is 24.6. The fourth-order valence-electron chi connectivity index (χ4n) is 5.96. The third kappa shape index (κ3) is 4.95. The highest BCUT2D eigenvalue weighted by atomic mass is 19.4. The van der Waals surface area contributed by atoms with E-state index in [9.17, 15) is 22.8 Å². The minimum Gasteiger partial charge on any atom is -0.481 e. The summed E-state index contributed by atoms with van der Waals surface area (Å²) in [6, 6.07) is 10.8. The topological polar surface area (TPSA) is 84.2 Å². The third-order valence-corrected chi connectivity index (χ3v) is 7.70. The number of benzene rings is 2. The quantitative estimate of drug-likeness (QED) is 0.426. The first-order chi connectivity index (χ1) is 17.4. The number of nitrogens with one attached hydrogen (secondary N) is 1. The van der Waals surface area contributed by atoms with Crippen LogP contribution in [0.5, 0.6) is 0 Å². The maximum Gasteiger partial charge on any atom is 0.416 e. The molecule has 0 radical (unpaired) electrons. The Labute approximate surface area is 212 Å². The van der Waals surface area contributed by atoms with Crippen LogP contribution in [-0.2, 0) is 23.9 Å². The van der Waals surface area contributed by atoms with E-state index in [1.807, 2.05) is 22.9 Å². The fourth-order valence-corrected chi connectivity index (χ4v) is 5.96. The van der Waals surface area contributed by atoms with Crippen molar-refractivity contribution in [3.63, 3.8) is 0 Å². The van der Waals surface area contributed by atoms with Crippen molar-refractivity contribution < 1.29 is 27.9 Å². The molecule has 0 aliphatic heterocycles. The van der Waals surface area contributed by atoms with E-state index in [1.54, 1.807) is 0 Å². The van der Waals surface area contributed by atoms with Gasteiger partial charge in [0.2, 0.25) is 0 Å². The first-order valence-corrected chi connectivity index (χ1v) is 12.6. The zero-order chi connectivity index (χ0) is 26.5. The number of fused-ring (bicyclic) bond motifs is 1. The molecule has 0 unspecified atom stereocenters. The van der Waals surface area contributed by atoms with Crippen LogP contribution in [-0.4, -0.2) is 32.8 Å². The standard InChI is InChI=1S/C28H30F3N3O3/c1-16(2)15-34-22-5-3-4-18(10-17-6-8-20(9-7-17)28(29,30)31)23(22)24(33-34)25(35)32-21-13-27(14-21)11-19(12-27)26(36)37/h3-9,16,19,21H,10-15H2,1-2H3,(H,32,35)(H,36,37). The van der Waals surface area contributed by atoms with E-state index in [1.165, 1.54) is 12.1 Å². The summed E-state index contributed by atoms with van der Waals surface area (Å²) in [6.07, 6.45) is -1.16. The highest BCUT2D eigenvalue weighted by Gasteiger charge is 2.55. The molecule has 9 heteroatoms. The highest BCUT2D eigenvalue weighted by Crippen LogP contribution is 2.58. The summed E-state index contributed by atoms with van der Waals surface area (Å²) in [5.41, 5.74) is 2.01. The number of halogens is 3. The maximum absolute atomic E-state index is 13.4. The molecule has 0 bridgehead atoms. The lowest BCUT2D eigenvalue weighted by Gasteiger charge is -2.56. The van der Waals surface area contributed by atoms with Crippen molar-refractivity contribution in [1.82, 2.24) is 15.1 Å². The van der Waals surface area contributed by atoms with Crippen molar-refractivity contribution >= 4 is 22.8 Å². The zero-order valence-corrected chi connectivity index (χ0v) is 20.8. The number of hydrogen-bond donors (Lipinski definition) is 2. The average molecular weight is 514 g/mol. The van der Waals surface area contributed by atoms with Gasteiger partial charge in [-0.3, -0.25) is 14.3 Å². The molecule has 2 fully saturated rings. The van der Waals surface area contributed by atoms with Gasteiger partial charge in [-0.2, -0.15) is 18.3 Å². The second-order valence-corrected chi connectivity index (χ2v) is 11.1. The predicted molar refractivity (Wildman–Crippen MR) is 132 cm³/mol. The number of alkyl halides is 3. The maximum atomic E-state index is 13.4. The number of carbonyl (C=O) groups is 2. The molecule has 1 heterocycles. The van der Waals surface area contributed by atoms with E-state index in [0.29, 0.717) is 48.4 Å². The Morgan fingerprint density at radius 1 is 1.11 bits per heavy atom. The lowest BCUT2D eigenvalue weighted by molar-refractivity contribution is -0.155. The Hall–Kier alpha value is -3.36. The van der Waals surface area contributed by atoms with Gasteiger partial charge < -0.3 is 10.4 Å². The molecule has 196 valence electrons. The molecule has 2 aromatic carbocycles. The monoisotopic (exact) mass is 513 g/mol. The number of carbonyl (C=O) groups excluding carboxylic acids is 1. The minimum absolute atomic E-state index is 0.0189. The zero-order valence-electron chi connectivity index (χ0n) is 20.8. The van der Waals surface area contributed by atoms with Gasteiger partial charge in [0.1, 0.15) is 0 Å². The highest BCUT2D eigenvalue weighted by molar-refractivity contribution is 6.06. The molecule has 2 saturated carbocycles. The van der Waals surface area contributed by atoms with Gasteiger partial charge in [-0.05, 0) is 72.8 Å². The molecule has 2 N–H and O–H groups in total. The van der Waals surface area contributed by atoms with E-state index >= 15 is 0 Å². The van der Waals surface area contributed by atoms with Gasteiger partial charge in [-0.15, -0.1) is 0 Å². The first kappa shape index (κ1) is 25.3. The number of aromatic nitrogens is 2. The van der Waals surface area contributed by atoms with Gasteiger partial charge in [-0.1, -0.05) is 38.1 Å². The van der Waals surface area contributed by atoms with Crippen LogP contribution in [0.1, 0.15) is 66.7 Å². The summed E-state index contributed by atoms with van der Waals surface area (Å²) in [6.45, 7) is 4.75. The number of nitrogens with zero attached hydrogens (tertiary/aromatic N) is 2. The lowest BCUT2D eigenvalue weighted by atomic mass is 9.50. The third-order valence-electron chi connectivity index (χ3n) is 7.70. The van der Waals surface area contributed by atoms with Crippen molar-refractivity contribution in [3.05, 3.63) is 64.8 Å². The number of aliphatic carboxylic acids is 1. The number of amides is 1. The molecule has 3 aromatic rings. The van der Waals surface area contributed by atoms with Crippen molar-refractivity contribution in [2.24, 2.45) is 17.3 Å². The number of hydrogen-bond acceptors (Lipinski definition) is 3. The Morgan fingerprint density at radius 2 is 1.78 bits per heavy atom. The Morgan fingerprint density at radius 3 is 2.38 bits per heavy atom. The molecule has 0 atom stereocenters. The molecule has 1 amide bonds. The van der Waals surface area contributed by atoms with Gasteiger partial charge in [-0.25, -0.2) is 0 Å². The van der Waals surface area contributed by atoms with E-state index in [0.717, 1.165) is 36.1 Å². The number of rotatable bonds is 7. The SMILES string of the molecule is CC(C)Cn1nc(C(=O)NC2CC3(C2)CC(C(=O)O)C3)c2c(Cc3ccc(C(F)(F)F)cc3)cccc21. The van der Waals surface area contributed by atoms with Gasteiger partial charge in [0, 0.05) is 18.0 Å². The molecule has 37 heavy (non-hydrogen) atoms. The van der Waals surface area contributed by atoms with Gasteiger partial charge in [0.15, 0.2) is 5.69 Å². The van der Waals surface area contributed by atoms with Crippen molar-refractivity contribution in [2.45, 2.75) is 64.7 Å². The van der Waals surface area contributed by atoms with E-state index < -0.39 is 17.7 Å². The summed E-state index contributed by atoms with van der Waals surface area (Å²) >= 11 is 0. The van der Waals surface area contributed by atoms with Crippen LogP contribution in [0.15, 0.2) is 42.5 Å². The molecular weight excluding hydrogens is 483 g/mol. The van der Waals surface area contributed by atoms with E-state index in [-0.39, 0.29) is 23.3 Å². The molecule has 0 saturated heterocycles. The van der Waals surface area contributed by atoms with Crippen LogP contribution in [0.4, 0.5) is 13.2 Å². The van der Waals surface area contributed by atoms with Crippen LogP contribution in [0.2, 0.25) is 0 Å². The second kappa shape index (κ2) is 9.19. The predicted octanol–water partition coefficient (Wildman–Crippen LogP) is 5.68. The van der Waals surface area contributed by atoms with Gasteiger partial charge in [0.25, 0.3) is 5.91 Å². The van der Waals surface area contributed by atoms with Crippen LogP contribution in [0, 0.1) is 17.3 Å². The van der Waals surface area contributed by atoms with Crippen LogP contribution in [0.25, 0.3) is 10.9 Å². The smallest absolute Gasteiger partial charge is 0.416 e. The van der Waals surface area contributed by atoms with Crippen LogP contribution >= 0.6 is 0 Å². The number of carboxylic acid groups (broad SMARTS) is 1. The average Bonchev–Trinajstić information content (AvgIpc) is 3.13. The minimum atomic E-state index is -4.39. The summed E-state index contributed by atoms with van der Waals surface area (Å²) in [5, 5.41) is 17.6. The van der Waals surface area contributed by atoms with Gasteiger partial charge >= 0.3 is 12.1 Å². The largest absolute Gasteiger partial charge is 0.481 e. The van der Waals surface area contributed by atoms with Crippen molar-refractivity contribution in [2.75, 3.05) is 0 Å². The van der Waals surface area contributed by atoms with E-state index in [4.69, 9.17) is 5.11 Å². The summed E-state index contributed by atoms with van der Waals surface area (Å²) in [7, 11) is 0. The first-order valence-electron chi connectivity index (χ1n) is 12.6. The molecular formula is C28H30F3N3O3. The second-order valence-electron chi connectivity index (χ2n) is 11.1. The molecule has 1 spiro atoms. The lowest BCUT2D eigenvalue weighted by Crippen LogP contribution is -2.57. The van der Waals surface area contributed by atoms with E-state index in [2.05, 4.69) is 24.3 Å². The van der Waals surface area contributed by atoms with Crippen LogP contribution in [0.3, 0.4) is 0 Å². The Kier molecular flexibility index (Phi) is 6.28. The number of carboxylic acids is 1. The van der Waals surface area contributed by atoms with Crippen molar-refractivity contribution in [3.8, 4) is 0 Å². The summed E-state index contributed by atoms with van der Waals surface area (Å²) in [5.74, 6) is -1.01. The molecule has 5 rings (SSSR count). The van der Waals surface area contributed by atoms with Gasteiger partial charge in [0.05, 0.1) is 17.0 Å². The molecule has 2 aliphatic rings. The normalized spacial score (nSPS) is 23.2. The molecule has 6 nitrogen and oxygen atoms in total. The van der Waals surface area contributed by atoms with Crippen molar-refractivity contribution in [1.29, 1.82) is 0 Å². The Bertz CT molecular complexity index is 1330. The van der Waals surface area contributed by atoms with Crippen LogP contribution < -0.4 is 5.32 Å². The Balaban J connectivity index is 1.39. The summed E-state index contributed by atoms with van der Waals surface area (Å²) < 4.78 is 40.8. The molecule has 2 aliphatic carbocycles. The fraction of sp³-hybridized carbons (Fsp3) is 0.464. The molecule has 1 aromatic heterocycles.